The number of nitrogens with one attached hydrogen (secondary N) is 1. The highest BCUT2D eigenvalue weighted by atomic mass is 19.4. The molecular formula is C28H29F6N3O2. The highest BCUT2D eigenvalue weighted by molar-refractivity contribution is 6.03. The number of hydrogen-bond donors (Lipinski definition) is 2. The number of amides is 1. The monoisotopic (exact) mass is 553 g/mol. The molecule has 0 aliphatic heterocycles. The first-order valence-electron chi connectivity index (χ1n) is 12.0. The van der Waals surface area contributed by atoms with Gasteiger partial charge in [0.1, 0.15) is 5.82 Å². The van der Waals surface area contributed by atoms with E-state index in [9.17, 15) is 36.2 Å². The van der Waals surface area contributed by atoms with Crippen molar-refractivity contribution in [3.8, 4) is 11.1 Å². The Morgan fingerprint density at radius 2 is 1.49 bits per heavy atom. The molecular weight excluding hydrogens is 524 g/mol. The van der Waals surface area contributed by atoms with Gasteiger partial charge < -0.3 is 15.3 Å². The molecule has 1 atom stereocenters. The molecule has 11 heteroatoms. The summed E-state index contributed by atoms with van der Waals surface area (Å²) >= 11 is 0. The zero-order valence-corrected chi connectivity index (χ0v) is 22.0. The molecule has 0 spiro atoms. The van der Waals surface area contributed by atoms with E-state index in [1.165, 1.54) is 32.0 Å². The minimum Gasteiger partial charge on any atom is -0.392 e. The normalized spacial score (nSPS) is 13.2. The summed E-state index contributed by atoms with van der Waals surface area (Å²) in [5.74, 6) is -0.331. The van der Waals surface area contributed by atoms with Crippen LogP contribution in [0, 0.1) is 6.92 Å². The Morgan fingerprint density at radius 3 is 2.00 bits per heavy atom. The number of rotatable bonds is 7. The Kier molecular flexibility index (Phi) is 8.35. The number of carbonyl (C=O) groups excluding carboxylic acids is 1. The van der Waals surface area contributed by atoms with Gasteiger partial charge in [-0.3, -0.25) is 4.79 Å². The second kappa shape index (κ2) is 10.9. The van der Waals surface area contributed by atoms with Crippen LogP contribution in [0.1, 0.15) is 43.0 Å². The van der Waals surface area contributed by atoms with E-state index in [0.717, 1.165) is 11.1 Å². The molecule has 0 saturated heterocycles. The Bertz CT molecular complexity index is 1320. The van der Waals surface area contributed by atoms with Crippen LogP contribution in [0.25, 0.3) is 11.1 Å². The van der Waals surface area contributed by atoms with Crippen LogP contribution >= 0.6 is 0 Å². The third-order valence-electron chi connectivity index (χ3n) is 6.41. The van der Waals surface area contributed by atoms with Crippen LogP contribution in [-0.2, 0) is 22.6 Å². The van der Waals surface area contributed by atoms with Crippen molar-refractivity contribution >= 4 is 17.4 Å². The fourth-order valence-electron chi connectivity index (χ4n) is 4.12. The third kappa shape index (κ3) is 6.70. The molecule has 0 radical (unpaired) electrons. The number of aryl methyl sites for hydroxylation is 1. The molecule has 0 saturated carbocycles. The lowest BCUT2D eigenvalue weighted by atomic mass is 9.81. The summed E-state index contributed by atoms with van der Waals surface area (Å²) in [6, 6.07) is 10.2. The molecule has 2 N–H and O–H groups in total. The van der Waals surface area contributed by atoms with E-state index in [-0.39, 0.29) is 12.6 Å². The van der Waals surface area contributed by atoms with E-state index in [2.05, 4.69) is 10.3 Å². The van der Waals surface area contributed by atoms with Gasteiger partial charge >= 0.3 is 12.4 Å². The highest BCUT2D eigenvalue weighted by Crippen LogP contribution is 2.41. The average molecular weight is 554 g/mol. The van der Waals surface area contributed by atoms with Gasteiger partial charge in [0.2, 0.25) is 5.91 Å². The van der Waals surface area contributed by atoms with E-state index in [1.54, 1.807) is 19.1 Å². The molecule has 39 heavy (non-hydrogen) atoms. The standard InChI is InChI=1S/C28H29F6N3O2/c1-16-8-6-7-9-21(16)22-13-24(35-14-17(2)38)36-15-23(22)37(5)25(39)26(3,4)18-10-19(27(29,30)31)12-20(11-18)28(32,33)34/h6-13,15,17,38H,14H2,1-5H3,(H,35,36)/t17-/m1/s1. The Balaban J connectivity index is 2.12. The van der Waals surface area contributed by atoms with Crippen LogP contribution in [-0.4, -0.2) is 35.7 Å². The largest absolute Gasteiger partial charge is 0.416 e. The molecule has 3 aromatic rings. The maximum atomic E-state index is 13.7. The smallest absolute Gasteiger partial charge is 0.392 e. The van der Waals surface area contributed by atoms with Gasteiger partial charge in [-0.2, -0.15) is 26.3 Å². The Hall–Kier alpha value is -3.60. The van der Waals surface area contributed by atoms with Crippen molar-refractivity contribution in [1.82, 2.24) is 4.98 Å². The van der Waals surface area contributed by atoms with Crippen molar-refractivity contribution in [2.45, 2.75) is 51.6 Å². The van der Waals surface area contributed by atoms with Crippen LogP contribution < -0.4 is 10.2 Å². The lowest BCUT2D eigenvalue weighted by molar-refractivity contribution is -0.143. The molecule has 0 fully saturated rings. The zero-order valence-electron chi connectivity index (χ0n) is 22.0. The number of carbonyl (C=O) groups is 1. The number of nitrogens with zero attached hydrogens (tertiary/aromatic N) is 2. The van der Waals surface area contributed by atoms with E-state index in [4.69, 9.17) is 0 Å². The lowest BCUT2D eigenvalue weighted by Crippen LogP contribution is -2.42. The zero-order chi connectivity index (χ0) is 29.3. The van der Waals surface area contributed by atoms with Gasteiger partial charge in [-0.25, -0.2) is 4.98 Å². The van der Waals surface area contributed by atoms with Gasteiger partial charge in [-0.05, 0) is 68.7 Å². The summed E-state index contributed by atoms with van der Waals surface area (Å²) in [4.78, 5) is 19.2. The molecule has 0 bridgehead atoms. The first-order chi connectivity index (χ1) is 17.9. The summed E-state index contributed by atoms with van der Waals surface area (Å²) < 4.78 is 80.9. The lowest BCUT2D eigenvalue weighted by Gasteiger charge is -2.32. The van der Waals surface area contributed by atoms with Crippen molar-refractivity contribution in [3.05, 3.63) is 77.0 Å². The Labute approximate surface area is 222 Å². The molecule has 0 aliphatic rings. The predicted molar refractivity (Wildman–Crippen MR) is 137 cm³/mol. The minimum absolute atomic E-state index is 0.0347. The summed E-state index contributed by atoms with van der Waals surface area (Å²) in [7, 11) is 1.39. The minimum atomic E-state index is -5.04. The van der Waals surface area contributed by atoms with Gasteiger partial charge in [0.05, 0.1) is 34.5 Å². The van der Waals surface area contributed by atoms with E-state index >= 15 is 0 Å². The van der Waals surface area contributed by atoms with Crippen LogP contribution in [0.2, 0.25) is 0 Å². The molecule has 5 nitrogen and oxygen atoms in total. The topological polar surface area (TPSA) is 65.5 Å². The quantitative estimate of drug-likeness (QED) is 0.315. The first-order valence-corrected chi connectivity index (χ1v) is 12.0. The third-order valence-corrected chi connectivity index (χ3v) is 6.41. The maximum Gasteiger partial charge on any atom is 0.416 e. The molecule has 1 amide bonds. The number of anilines is 2. The van der Waals surface area contributed by atoms with Crippen molar-refractivity contribution < 1.29 is 36.2 Å². The maximum absolute atomic E-state index is 13.7. The van der Waals surface area contributed by atoms with Gasteiger partial charge in [0.15, 0.2) is 0 Å². The predicted octanol–water partition coefficient (Wildman–Crippen LogP) is 6.83. The van der Waals surface area contributed by atoms with Crippen molar-refractivity contribution in [3.63, 3.8) is 0 Å². The number of benzene rings is 2. The SMILES string of the molecule is Cc1ccccc1-c1cc(NC[C@@H](C)O)ncc1N(C)C(=O)C(C)(C)c1cc(C(F)(F)F)cc(C(F)(F)F)c1. The molecule has 2 aromatic carbocycles. The summed E-state index contributed by atoms with van der Waals surface area (Å²) in [6.07, 6.45) is -9.35. The molecule has 0 unspecified atom stereocenters. The second-order valence-electron chi connectivity index (χ2n) is 9.92. The van der Waals surface area contributed by atoms with Gasteiger partial charge in [0, 0.05) is 19.2 Å². The summed E-state index contributed by atoms with van der Waals surface area (Å²) in [5, 5.41) is 12.6. The number of aromatic nitrogens is 1. The number of hydrogen-bond acceptors (Lipinski definition) is 4. The fourth-order valence-corrected chi connectivity index (χ4v) is 4.12. The van der Waals surface area contributed by atoms with Crippen molar-refractivity contribution in [2.24, 2.45) is 0 Å². The number of alkyl halides is 6. The summed E-state index contributed by atoms with van der Waals surface area (Å²) in [5.41, 5.74) is -2.73. The first kappa shape index (κ1) is 29.9. The van der Waals surface area contributed by atoms with E-state index in [0.29, 0.717) is 29.2 Å². The summed E-state index contributed by atoms with van der Waals surface area (Å²) in [6.45, 7) is 6.21. The number of likely N-dealkylation sites (N-methyl/N-ethyl adjacent to an activating group) is 1. The van der Waals surface area contributed by atoms with Gasteiger partial charge in [0.25, 0.3) is 0 Å². The van der Waals surface area contributed by atoms with Gasteiger partial charge in [-0.1, -0.05) is 24.3 Å². The Morgan fingerprint density at radius 1 is 0.949 bits per heavy atom. The van der Waals surface area contributed by atoms with Crippen LogP contribution in [0.15, 0.2) is 54.7 Å². The van der Waals surface area contributed by atoms with Crippen LogP contribution in [0.3, 0.4) is 0 Å². The number of halogens is 6. The molecule has 3 rings (SSSR count). The van der Waals surface area contributed by atoms with Gasteiger partial charge in [-0.15, -0.1) is 0 Å². The van der Waals surface area contributed by atoms with E-state index in [1.807, 2.05) is 25.1 Å². The fraction of sp³-hybridized carbons (Fsp3) is 0.357. The average Bonchev–Trinajstić information content (AvgIpc) is 2.85. The van der Waals surface area contributed by atoms with Crippen LogP contribution in [0.4, 0.5) is 37.8 Å². The second-order valence-corrected chi connectivity index (χ2v) is 9.92. The van der Waals surface area contributed by atoms with Crippen LogP contribution in [0.5, 0.6) is 0 Å². The highest BCUT2D eigenvalue weighted by Gasteiger charge is 2.41. The number of aliphatic hydroxyl groups excluding tert-OH is 1. The van der Waals surface area contributed by atoms with Crippen molar-refractivity contribution in [2.75, 3.05) is 23.8 Å². The molecule has 1 heterocycles. The van der Waals surface area contributed by atoms with Crippen molar-refractivity contribution in [1.29, 1.82) is 0 Å². The molecule has 0 aliphatic carbocycles. The number of aliphatic hydroxyl groups is 1. The molecule has 1 aromatic heterocycles. The molecule has 210 valence electrons. The number of pyridine rings is 1. The van der Waals surface area contributed by atoms with E-state index < -0.39 is 46.5 Å².